The zero-order valence-corrected chi connectivity index (χ0v) is 12.9. The van der Waals surface area contributed by atoms with Crippen LogP contribution in [0, 0.1) is 12.8 Å². The van der Waals surface area contributed by atoms with E-state index in [1.807, 2.05) is 25.1 Å². The molecule has 0 saturated carbocycles. The summed E-state index contributed by atoms with van der Waals surface area (Å²) < 4.78 is 0. The quantitative estimate of drug-likeness (QED) is 0.817. The van der Waals surface area contributed by atoms with Crippen LogP contribution in [0.5, 0.6) is 0 Å². The molecule has 0 bridgehead atoms. The van der Waals surface area contributed by atoms with Crippen molar-refractivity contribution in [1.82, 2.24) is 15.0 Å². The van der Waals surface area contributed by atoms with E-state index in [2.05, 4.69) is 39.4 Å². The Morgan fingerprint density at radius 1 is 1.10 bits per heavy atom. The largest absolute Gasteiger partial charge is 0.366 e. The van der Waals surface area contributed by atoms with Crippen LogP contribution in [0.25, 0.3) is 0 Å². The highest BCUT2D eigenvalue weighted by atomic mass is 15.1. The monoisotopic (exact) mass is 285 g/mol. The predicted molar refractivity (Wildman–Crippen MR) is 86.3 cm³/mol. The van der Waals surface area contributed by atoms with Gasteiger partial charge in [-0.3, -0.25) is 4.98 Å². The lowest BCUT2D eigenvalue weighted by Crippen LogP contribution is -2.10. The highest BCUT2D eigenvalue weighted by Gasteiger charge is 2.02. The average Bonchev–Trinajstić information content (AvgIpc) is 2.45. The number of nitrogens with zero attached hydrogens (tertiary/aromatic N) is 3. The summed E-state index contributed by atoms with van der Waals surface area (Å²) in [6, 6.07) is 5.93. The summed E-state index contributed by atoms with van der Waals surface area (Å²) in [4.78, 5) is 12.9. The van der Waals surface area contributed by atoms with E-state index in [0.717, 1.165) is 31.0 Å². The fourth-order valence-corrected chi connectivity index (χ4v) is 1.90. The van der Waals surface area contributed by atoms with Gasteiger partial charge in [-0.25, -0.2) is 4.98 Å². The van der Waals surface area contributed by atoms with Gasteiger partial charge in [0.05, 0.1) is 0 Å². The molecule has 2 aromatic heterocycles. The average molecular weight is 285 g/mol. The second-order valence-electron chi connectivity index (χ2n) is 5.54. The molecule has 112 valence electrons. The first-order chi connectivity index (χ1) is 10.1. The number of rotatable bonds is 7. The van der Waals surface area contributed by atoms with Gasteiger partial charge in [-0.2, -0.15) is 4.98 Å². The van der Waals surface area contributed by atoms with Crippen molar-refractivity contribution < 1.29 is 0 Å². The third kappa shape index (κ3) is 5.38. The third-order valence-electron chi connectivity index (χ3n) is 3.08. The van der Waals surface area contributed by atoms with Crippen LogP contribution in [0.15, 0.2) is 30.6 Å². The zero-order valence-electron chi connectivity index (χ0n) is 12.9. The molecular formula is C16H23N5. The maximum absolute atomic E-state index is 4.50. The fourth-order valence-electron chi connectivity index (χ4n) is 1.90. The lowest BCUT2D eigenvalue weighted by Gasteiger charge is -2.10. The molecule has 0 aromatic carbocycles. The summed E-state index contributed by atoms with van der Waals surface area (Å²) in [5.41, 5.74) is 2.13. The molecule has 0 aliphatic rings. The van der Waals surface area contributed by atoms with Crippen molar-refractivity contribution >= 4 is 11.8 Å². The van der Waals surface area contributed by atoms with E-state index in [-0.39, 0.29) is 0 Å². The van der Waals surface area contributed by atoms with E-state index in [4.69, 9.17) is 0 Å². The van der Waals surface area contributed by atoms with Crippen molar-refractivity contribution in [2.45, 2.75) is 33.7 Å². The number of aromatic nitrogens is 3. The standard InChI is InChI=1S/C16H23N5/c1-12(2)4-9-18-16-20-13(3)10-15(21-16)19-11-14-5-7-17-8-6-14/h5-8,10,12H,4,9,11H2,1-3H3,(H2,18,19,20,21). The molecule has 2 aromatic rings. The van der Waals surface area contributed by atoms with Crippen molar-refractivity contribution in [3.63, 3.8) is 0 Å². The Labute approximate surface area is 126 Å². The number of hydrogen-bond acceptors (Lipinski definition) is 5. The van der Waals surface area contributed by atoms with Crippen LogP contribution in [0.1, 0.15) is 31.5 Å². The van der Waals surface area contributed by atoms with E-state index in [1.54, 1.807) is 12.4 Å². The van der Waals surface area contributed by atoms with Crippen LogP contribution < -0.4 is 10.6 Å². The van der Waals surface area contributed by atoms with Crippen molar-refractivity contribution in [3.8, 4) is 0 Å². The van der Waals surface area contributed by atoms with Crippen LogP contribution in [-0.4, -0.2) is 21.5 Å². The van der Waals surface area contributed by atoms with Gasteiger partial charge in [-0.05, 0) is 37.0 Å². The summed E-state index contributed by atoms with van der Waals surface area (Å²) in [5.74, 6) is 2.20. The first-order valence-electron chi connectivity index (χ1n) is 7.36. The van der Waals surface area contributed by atoms with Crippen molar-refractivity contribution in [2.24, 2.45) is 5.92 Å². The fraction of sp³-hybridized carbons (Fsp3) is 0.438. The van der Waals surface area contributed by atoms with Gasteiger partial charge in [0.25, 0.3) is 0 Å². The van der Waals surface area contributed by atoms with Gasteiger partial charge in [0, 0.05) is 37.2 Å². The van der Waals surface area contributed by atoms with Crippen LogP contribution in [0.4, 0.5) is 11.8 Å². The lowest BCUT2D eigenvalue weighted by atomic mass is 10.1. The van der Waals surface area contributed by atoms with Crippen molar-refractivity contribution in [2.75, 3.05) is 17.2 Å². The molecule has 0 atom stereocenters. The second-order valence-corrected chi connectivity index (χ2v) is 5.54. The van der Waals surface area contributed by atoms with E-state index < -0.39 is 0 Å². The van der Waals surface area contributed by atoms with Crippen molar-refractivity contribution in [3.05, 3.63) is 41.9 Å². The van der Waals surface area contributed by atoms with E-state index >= 15 is 0 Å². The maximum Gasteiger partial charge on any atom is 0.224 e. The van der Waals surface area contributed by atoms with Crippen LogP contribution in [-0.2, 0) is 6.54 Å². The predicted octanol–water partition coefficient (Wildman–Crippen LogP) is 3.25. The molecule has 5 heteroatoms. The SMILES string of the molecule is Cc1cc(NCc2ccncc2)nc(NCCC(C)C)n1. The van der Waals surface area contributed by atoms with Gasteiger partial charge >= 0.3 is 0 Å². The molecule has 0 radical (unpaired) electrons. The Bertz CT molecular complexity index is 554. The van der Waals surface area contributed by atoms with E-state index in [0.29, 0.717) is 11.9 Å². The van der Waals surface area contributed by atoms with Crippen LogP contribution in [0.2, 0.25) is 0 Å². The lowest BCUT2D eigenvalue weighted by molar-refractivity contribution is 0.606. The Kier molecular flexibility index (Phi) is 5.49. The Morgan fingerprint density at radius 3 is 2.57 bits per heavy atom. The van der Waals surface area contributed by atoms with E-state index in [9.17, 15) is 0 Å². The van der Waals surface area contributed by atoms with Gasteiger partial charge in [0.15, 0.2) is 0 Å². The normalized spacial score (nSPS) is 10.7. The highest BCUT2D eigenvalue weighted by molar-refractivity contribution is 5.42. The van der Waals surface area contributed by atoms with Gasteiger partial charge in [-0.1, -0.05) is 13.8 Å². The minimum absolute atomic E-state index is 0.673. The number of pyridine rings is 1. The maximum atomic E-state index is 4.50. The van der Waals surface area contributed by atoms with Gasteiger partial charge in [0.1, 0.15) is 5.82 Å². The molecule has 2 rings (SSSR count). The van der Waals surface area contributed by atoms with Gasteiger partial charge < -0.3 is 10.6 Å². The molecule has 0 unspecified atom stereocenters. The molecule has 0 amide bonds. The summed E-state index contributed by atoms with van der Waals surface area (Å²) in [6.07, 6.45) is 4.69. The smallest absolute Gasteiger partial charge is 0.224 e. The molecule has 21 heavy (non-hydrogen) atoms. The molecule has 2 heterocycles. The summed E-state index contributed by atoms with van der Waals surface area (Å²) in [6.45, 7) is 8.02. The molecule has 0 fully saturated rings. The zero-order chi connectivity index (χ0) is 15.1. The number of aryl methyl sites for hydroxylation is 1. The van der Waals surface area contributed by atoms with Crippen LogP contribution >= 0.6 is 0 Å². The number of hydrogen-bond donors (Lipinski definition) is 2. The highest BCUT2D eigenvalue weighted by Crippen LogP contribution is 2.11. The van der Waals surface area contributed by atoms with Crippen molar-refractivity contribution in [1.29, 1.82) is 0 Å². The minimum Gasteiger partial charge on any atom is -0.366 e. The topological polar surface area (TPSA) is 62.7 Å². The second kappa shape index (κ2) is 7.57. The Balaban J connectivity index is 1.94. The van der Waals surface area contributed by atoms with Gasteiger partial charge in [0.2, 0.25) is 5.95 Å². The third-order valence-corrected chi connectivity index (χ3v) is 3.08. The van der Waals surface area contributed by atoms with Crippen LogP contribution in [0.3, 0.4) is 0 Å². The van der Waals surface area contributed by atoms with Gasteiger partial charge in [-0.15, -0.1) is 0 Å². The Morgan fingerprint density at radius 2 is 1.86 bits per heavy atom. The molecule has 0 aliphatic carbocycles. The summed E-state index contributed by atoms with van der Waals surface area (Å²) in [5, 5.41) is 6.61. The molecule has 5 nitrogen and oxygen atoms in total. The summed E-state index contributed by atoms with van der Waals surface area (Å²) >= 11 is 0. The summed E-state index contributed by atoms with van der Waals surface area (Å²) in [7, 11) is 0. The van der Waals surface area contributed by atoms with E-state index in [1.165, 1.54) is 5.56 Å². The minimum atomic E-state index is 0.673. The molecular weight excluding hydrogens is 262 g/mol. The first kappa shape index (κ1) is 15.2. The molecule has 0 saturated heterocycles. The molecule has 0 aliphatic heterocycles. The number of anilines is 2. The first-order valence-corrected chi connectivity index (χ1v) is 7.36. The number of nitrogens with one attached hydrogen (secondary N) is 2. The Hall–Kier alpha value is -2.17. The molecule has 0 spiro atoms. The molecule has 2 N–H and O–H groups in total.